The summed E-state index contributed by atoms with van der Waals surface area (Å²) >= 11 is 6.13. The van der Waals surface area contributed by atoms with Crippen molar-refractivity contribution < 1.29 is 9.21 Å². The lowest BCUT2D eigenvalue weighted by Crippen LogP contribution is -2.48. The predicted molar refractivity (Wildman–Crippen MR) is 140 cm³/mol. The maximum absolute atomic E-state index is 12.7. The monoisotopic (exact) mass is 488 g/mol. The molecule has 1 aromatic heterocycles. The molecule has 0 radical (unpaired) electrons. The Balaban J connectivity index is 1.09. The van der Waals surface area contributed by atoms with Gasteiger partial charge in [0, 0.05) is 62.0 Å². The predicted octanol–water partition coefficient (Wildman–Crippen LogP) is 4.82. The van der Waals surface area contributed by atoms with Gasteiger partial charge in [-0.05, 0) is 48.4 Å². The van der Waals surface area contributed by atoms with Crippen LogP contribution in [0.2, 0.25) is 5.02 Å². The number of aromatic nitrogens is 1. The van der Waals surface area contributed by atoms with Crippen LogP contribution in [0.4, 0.5) is 5.69 Å². The minimum atomic E-state index is -0.0910. The number of fused-ring (bicyclic) bond motifs is 1. The lowest BCUT2D eigenvalue weighted by atomic mass is 10.1. The molecule has 1 saturated heterocycles. The fraction of sp³-hybridized carbons (Fsp3) is 0.286. The zero-order valence-electron chi connectivity index (χ0n) is 19.6. The van der Waals surface area contributed by atoms with Gasteiger partial charge < -0.3 is 14.6 Å². The van der Waals surface area contributed by atoms with E-state index in [1.807, 2.05) is 48.5 Å². The first-order valence-electron chi connectivity index (χ1n) is 12.1. The number of carbonyl (C=O) groups is 1. The Labute approximate surface area is 210 Å². The molecule has 5 rings (SSSR count). The van der Waals surface area contributed by atoms with Gasteiger partial charge in [-0.25, -0.2) is 4.98 Å². The molecule has 1 aliphatic rings. The third kappa shape index (κ3) is 6.02. The summed E-state index contributed by atoms with van der Waals surface area (Å²) < 4.78 is 5.92. The van der Waals surface area contributed by atoms with Crippen molar-refractivity contribution in [1.82, 2.24) is 15.2 Å². The van der Waals surface area contributed by atoms with E-state index in [2.05, 4.69) is 38.3 Å². The second-order valence-corrected chi connectivity index (χ2v) is 9.28. The fourth-order valence-corrected chi connectivity index (χ4v) is 4.63. The van der Waals surface area contributed by atoms with E-state index >= 15 is 0 Å². The van der Waals surface area contributed by atoms with Crippen molar-refractivity contribution >= 4 is 34.3 Å². The Morgan fingerprint density at radius 2 is 1.77 bits per heavy atom. The van der Waals surface area contributed by atoms with Gasteiger partial charge >= 0.3 is 0 Å². The summed E-state index contributed by atoms with van der Waals surface area (Å²) in [6.07, 6.45) is 1.60. The number of oxazole rings is 1. The smallest absolute Gasteiger partial charge is 0.251 e. The van der Waals surface area contributed by atoms with Crippen LogP contribution in [-0.4, -0.2) is 55.1 Å². The zero-order valence-corrected chi connectivity index (χ0v) is 20.4. The SMILES string of the molecule is O=C(NCCN1CCN(c2cccc(Cl)c2)CC1)c1ccc2nc(CCc3ccccc3)oc2c1. The third-order valence-corrected chi connectivity index (χ3v) is 6.66. The first-order valence-corrected chi connectivity index (χ1v) is 12.5. The molecule has 7 heteroatoms. The van der Waals surface area contributed by atoms with Gasteiger partial charge in [-0.1, -0.05) is 48.0 Å². The molecule has 0 saturated carbocycles. The van der Waals surface area contributed by atoms with Crippen molar-refractivity contribution in [3.05, 3.63) is 94.8 Å². The summed E-state index contributed by atoms with van der Waals surface area (Å²) in [4.78, 5) is 22.0. The van der Waals surface area contributed by atoms with E-state index < -0.39 is 0 Å². The molecule has 0 spiro atoms. The second kappa shape index (κ2) is 10.9. The summed E-state index contributed by atoms with van der Waals surface area (Å²) in [5.74, 6) is 0.602. The lowest BCUT2D eigenvalue weighted by molar-refractivity contribution is 0.0948. The minimum Gasteiger partial charge on any atom is -0.441 e. The maximum atomic E-state index is 12.7. The van der Waals surface area contributed by atoms with Gasteiger partial charge in [-0.15, -0.1) is 0 Å². The molecule has 180 valence electrons. The van der Waals surface area contributed by atoms with Crippen molar-refractivity contribution in [2.24, 2.45) is 0 Å². The van der Waals surface area contributed by atoms with E-state index in [1.165, 1.54) is 5.56 Å². The van der Waals surface area contributed by atoms with E-state index in [4.69, 9.17) is 16.0 Å². The Hall–Kier alpha value is -3.35. The number of aryl methyl sites for hydroxylation is 2. The van der Waals surface area contributed by atoms with Gasteiger partial charge in [-0.3, -0.25) is 9.69 Å². The minimum absolute atomic E-state index is 0.0910. The van der Waals surface area contributed by atoms with Crippen LogP contribution in [-0.2, 0) is 12.8 Å². The highest BCUT2D eigenvalue weighted by atomic mass is 35.5. The Bertz CT molecular complexity index is 1280. The molecule has 1 aliphatic heterocycles. The summed E-state index contributed by atoms with van der Waals surface area (Å²) in [7, 11) is 0. The van der Waals surface area contributed by atoms with Crippen LogP contribution in [0.3, 0.4) is 0 Å². The van der Waals surface area contributed by atoms with Crippen molar-refractivity contribution in [1.29, 1.82) is 0 Å². The fourth-order valence-electron chi connectivity index (χ4n) is 4.45. The van der Waals surface area contributed by atoms with E-state index in [1.54, 1.807) is 6.07 Å². The van der Waals surface area contributed by atoms with E-state index in [9.17, 15) is 4.79 Å². The van der Waals surface area contributed by atoms with Crippen molar-refractivity contribution in [2.45, 2.75) is 12.8 Å². The summed E-state index contributed by atoms with van der Waals surface area (Å²) in [5.41, 5.74) is 4.44. The number of amides is 1. The summed E-state index contributed by atoms with van der Waals surface area (Å²) in [5, 5.41) is 3.80. The highest BCUT2D eigenvalue weighted by Gasteiger charge is 2.17. The normalized spacial score (nSPS) is 14.4. The number of rotatable bonds is 8. The Morgan fingerprint density at radius 3 is 2.57 bits per heavy atom. The van der Waals surface area contributed by atoms with Gasteiger partial charge in [0.05, 0.1) is 0 Å². The van der Waals surface area contributed by atoms with Crippen molar-refractivity contribution in [2.75, 3.05) is 44.2 Å². The number of anilines is 1. The molecule has 0 bridgehead atoms. The zero-order chi connectivity index (χ0) is 24.0. The molecule has 1 fully saturated rings. The molecule has 0 unspecified atom stereocenters. The molecule has 0 aliphatic carbocycles. The molecular formula is C28H29ClN4O2. The summed E-state index contributed by atoms with van der Waals surface area (Å²) in [6, 6.07) is 23.7. The van der Waals surface area contributed by atoms with Crippen molar-refractivity contribution in [3.8, 4) is 0 Å². The van der Waals surface area contributed by atoms with Crippen LogP contribution in [0.15, 0.2) is 77.2 Å². The quantitative estimate of drug-likeness (QED) is 0.385. The topological polar surface area (TPSA) is 61.6 Å². The van der Waals surface area contributed by atoms with Crippen molar-refractivity contribution in [3.63, 3.8) is 0 Å². The van der Waals surface area contributed by atoms with E-state index in [0.29, 0.717) is 23.6 Å². The number of piperazine rings is 1. The molecule has 3 aromatic carbocycles. The second-order valence-electron chi connectivity index (χ2n) is 8.84. The number of benzene rings is 3. The standard InChI is InChI=1S/C28H29ClN4O2/c29-23-7-4-8-24(20-23)33-17-15-32(16-18-33)14-13-30-28(34)22-10-11-25-26(19-22)35-27(31-25)12-9-21-5-2-1-3-6-21/h1-8,10-11,19-20H,9,12-18H2,(H,30,34). The number of hydrogen-bond donors (Lipinski definition) is 1. The van der Waals surface area contributed by atoms with E-state index in [-0.39, 0.29) is 5.91 Å². The first-order chi connectivity index (χ1) is 17.1. The number of carbonyl (C=O) groups excluding carboxylic acids is 1. The first kappa shape index (κ1) is 23.4. The number of nitrogens with zero attached hydrogens (tertiary/aromatic N) is 3. The lowest BCUT2D eigenvalue weighted by Gasteiger charge is -2.36. The van der Waals surface area contributed by atoms with Crippen LogP contribution in [0, 0.1) is 0 Å². The molecule has 1 N–H and O–H groups in total. The molecule has 35 heavy (non-hydrogen) atoms. The number of nitrogens with one attached hydrogen (secondary N) is 1. The molecule has 0 atom stereocenters. The summed E-state index contributed by atoms with van der Waals surface area (Å²) in [6.45, 7) is 5.23. The Morgan fingerprint density at radius 1 is 0.943 bits per heavy atom. The average Bonchev–Trinajstić information content (AvgIpc) is 3.31. The van der Waals surface area contributed by atoms with Crippen LogP contribution in [0.25, 0.3) is 11.1 Å². The molecule has 1 amide bonds. The third-order valence-electron chi connectivity index (χ3n) is 6.42. The average molecular weight is 489 g/mol. The van der Waals surface area contributed by atoms with Crippen LogP contribution < -0.4 is 10.2 Å². The molecular weight excluding hydrogens is 460 g/mol. The van der Waals surface area contributed by atoms with Gasteiger partial charge in [0.15, 0.2) is 11.5 Å². The van der Waals surface area contributed by atoms with Gasteiger partial charge in [0.1, 0.15) is 5.52 Å². The van der Waals surface area contributed by atoms with Gasteiger partial charge in [-0.2, -0.15) is 0 Å². The Kier molecular flexibility index (Phi) is 7.31. The number of hydrogen-bond acceptors (Lipinski definition) is 5. The van der Waals surface area contributed by atoms with Gasteiger partial charge in [0.25, 0.3) is 5.91 Å². The highest BCUT2D eigenvalue weighted by molar-refractivity contribution is 6.30. The molecule has 6 nitrogen and oxygen atoms in total. The largest absolute Gasteiger partial charge is 0.441 e. The van der Waals surface area contributed by atoms with Crippen LogP contribution in [0.5, 0.6) is 0 Å². The van der Waals surface area contributed by atoms with Gasteiger partial charge in [0.2, 0.25) is 0 Å². The highest BCUT2D eigenvalue weighted by Crippen LogP contribution is 2.21. The number of halogens is 1. The molecule has 4 aromatic rings. The van der Waals surface area contributed by atoms with Crippen LogP contribution >= 0.6 is 11.6 Å². The molecule has 2 heterocycles. The van der Waals surface area contributed by atoms with Crippen LogP contribution in [0.1, 0.15) is 21.8 Å². The van der Waals surface area contributed by atoms with E-state index in [0.717, 1.165) is 61.8 Å². The maximum Gasteiger partial charge on any atom is 0.251 e.